The average Bonchev–Trinajstić information content (AvgIpc) is 2.64. The molecule has 110 valence electrons. The summed E-state index contributed by atoms with van der Waals surface area (Å²) in [5.74, 6) is 0. The van der Waals surface area contributed by atoms with Crippen LogP contribution in [-0.4, -0.2) is 25.5 Å². The first kappa shape index (κ1) is 14.9. The highest BCUT2D eigenvalue weighted by molar-refractivity contribution is 7.90. The van der Waals surface area contributed by atoms with Crippen molar-refractivity contribution < 1.29 is 21.6 Å². The quantitative estimate of drug-likeness (QED) is 0.911. The van der Waals surface area contributed by atoms with Gasteiger partial charge >= 0.3 is 15.5 Å². The van der Waals surface area contributed by atoms with E-state index >= 15 is 0 Å². The van der Waals surface area contributed by atoms with E-state index in [1.807, 2.05) is 24.3 Å². The second kappa shape index (κ2) is 5.10. The SMILES string of the molecule is Cc1[nH]c2ccccc2c1CCNS(=O)(=O)C(F)(F)F. The normalized spacial score (nSPS) is 13.0. The average molecular weight is 306 g/mol. The van der Waals surface area contributed by atoms with Gasteiger partial charge in [-0.05, 0) is 25.0 Å². The Labute approximate surface area is 114 Å². The summed E-state index contributed by atoms with van der Waals surface area (Å²) in [5.41, 5.74) is -2.77. The number of aromatic amines is 1. The van der Waals surface area contributed by atoms with Crippen LogP contribution < -0.4 is 4.72 Å². The first-order valence-corrected chi connectivity index (χ1v) is 7.33. The minimum Gasteiger partial charge on any atom is -0.358 e. The summed E-state index contributed by atoms with van der Waals surface area (Å²) in [6.45, 7) is 1.50. The van der Waals surface area contributed by atoms with E-state index in [0.29, 0.717) is 0 Å². The molecule has 2 rings (SSSR count). The smallest absolute Gasteiger partial charge is 0.358 e. The lowest BCUT2D eigenvalue weighted by Gasteiger charge is -2.09. The number of hydrogen-bond acceptors (Lipinski definition) is 2. The number of rotatable bonds is 4. The van der Waals surface area contributed by atoms with Crippen LogP contribution in [0, 0.1) is 6.92 Å². The molecule has 8 heteroatoms. The molecular formula is C12H13F3N2O2S. The molecular weight excluding hydrogens is 293 g/mol. The number of alkyl halides is 3. The molecule has 1 heterocycles. The van der Waals surface area contributed by atoms with Gasteiger partial charge in [0.15, 0.2) is 0 Å². The zero-order chi connectivity index (χ0) is 15.0. The molecule has 1 aromatic heterocycles. The summed E-state index contributed by atoms with van der Waals surface area (Å²) < 4.78 is 59.9. The van der Waals surface area contributed by atoms with Gasteiger partial charge in [-0.1, -0.05) is 18.2 Å². The molecule has 1 aromatic carbocycles. The topological polar surface area (TPSA) is 62.0 Å². The second-order valence-electron chi connectivity index (χ2n) is 4.37. The molecule has 0 unspecified atom stereocenters. The third-order valence-corrected chi connectivity index (χ3v) is 4.19. The predicted octanol–water partition coefficient (Wildman–Crippen LogP) is 2.46. The summed E-state index contributed by atoms with van der Waals surface area (Å²) in [6.07, 6.45) is 0.186. The number of H-pyrrole nitrogens is 1. The van der Waals surface area contributed by atoms with Crippen molar-refractivity contribution in [3.63, 3.8) is 0 Å². The molecule has 0 saturated heterocycles. The second-order valence-corrected chi connectivity index (χ2v) is 6.13. The Morgan fingerprint density at radius 3 is 2.55 bits per heavy atom. The molecule has 0 amide bonds. The first-order chi connectivity index (χ1) is 9.22. The maximum Gasteiger partial charge on any atom is 0.511 e. The monoisotopic (exact) mass is 306 g/mol. The highest BCUT2D eigenvalue weighted by Gasteiger charge is 2.45. The van der Waals surface area contributed by atoms with Gasteiger partial charge in [0.2, 0.25) is 0 Å². The van der Waals surface area contributed by atoms with Crippen molar-refractivity contribution in [1.29, 1.82) is 0 Å². The molecule has 0 spiro atoms. The largest absolute Gasteiger partial charge is 0.511 e. The van der Waals surface area contributed by atoms with E-state index in [0.717, 1.165) is 22.2 Å². The number of nitrogens with one attached hydrogen (secondary N) is 2. The Kier molecular flexibility index (Phi) is 3.79. The Hall–Kier alpha value is -1.54. The van der Waals surface area contributed by atoms with Crippen LogP contribution in [0.4, 0.5) is 13.2 Å². The van der Waals surface area contributed by atoms with E-state index in [-0.39, 0.29) is 13.0 Å². The molecule has 0 saturated carbocycles. The molecule has 4 nitrogen and oxygen atoms in total. The molecule has 0 bridgehead atoms. The van der Waals surface area contributed by atoms with Crippen molar-refractivity contribution in [2.24, 2.45) is 0 Å². The summed E-state index contributed by atoms with van der Waals surface area (Å²) in [4.78, 5) is 3.11. The third-order valence-electron chi connectivity index (χ3n) is 3.00. The van der Waals surface area contributed by atoms with Crippen LogP contribution in [0.5, 0.6) is 0 Å². The number of sulfonamides is 1. The zero-order valence-electron chi connectivity index (χ0n) is 10.6. The van der Waals surface area contributed by atoms with E-state index in [2.05, 4.69) is 4.98 Å². The molecule has 0 fully saturated rings. The predicted molar refractivity (Wildman–Crippen MR) is 69.7 cm³/mol. The van der Waals surface area contributed by atoms with E-state index in [9.17, 15) is 21.6 Å². The van der Waals surface area contributed by atoms with E-state index in [1.165, 1.54) is 0 Å². The fourth-order valence-electron chi connectivity index (χ4n) is 2.05. The van der Waals surface area contributed by atoms with Crippen molar-refractivity contribution in [2.45, 2.75) is 18.9 Å². The number of aromatic nitrogens is 1. The van der Waals surface area contributed by atoms with Gasteiger partial charge in [-0.2, -0.15) is 13.2 Å². The summed E-state index contributed by atoms with van der Waals surface area (Å²) in [6, 6.07) is 7.35. The Morgan fingerprint density at radius 1 is 1.25 bits per heavy atom. The lowest BCUT2D eigenvalue weighted by molar-refractivity contribution is -0.0447. The lowest BCUT2D eigenvalue weighted by atomic mass is 10.1. The van der Waals surface area contributed by atoms with Crippen LogP contribution in [0.25, 0.3) is 10.9 Å². The molecule has 20 heavy (non-hydrogen) atoms. The highest BCUT2D eigenvalue weighted by atomic mass is 32.2. The number of benzene rings is 1. The van der Waals surface area contributed by atoms with Gasteiger partial charge in [-0.15, -0.1) is 0 Å². The Bertz CT molecular complexity index is 720. The van der Waals surface area contributed by atoms with Crippen molar-refractivity contribution in [3.8, 4) is 0 Å². The van der Waals surface area contributed by atoms with Crippen LogP contribution in [0.2, 0.25) is 0 Å². The number of para-hydroxylation sites is 1. The maximum absolute atomic E-state index is 12.2. The zero-order valence-corrected chi connectivity index (χ0v) is 11.4. The number of hydrogen-bond donors (Lipinski definition) is 2. The summed E-state index contributed by atoms with van der Waals surface area (Å²) in [5, 5.41) is 0.885. The molecule has 2 N–H and O–H groups in total. The Morgan fingerprint density at radius 2 is 1.90 bits per heavy atom. The highest BCUT2D eigenvalue weighted by Crippen LogP contribution is 2.23. The van der Waals surface area contributed by atoms with Crippen molar-refractivity contribution in [2.75, 3.05) is 6.54 Å². The van der Waals surface area contributed by atoms with Crippen LogP contribution in [-0.2, 0) is 16.4 Å². The van der Waals surface area contributed by atoms with Gasteiger partial charge in [0.05, 0.1) is 0 Å². The van der Waals surface area contributed by atoms with E-state index < -0.39 is 15.5 Å². The van der Waals surface area contributed by atoms with E-state index in [4.69, 9.17) is 0 Å². The van der Waals surface area contributed by atoms with Crippen LogP contribution in [0.1, 0.15) is 11.3 Å². The molecule has 0 aliphatic rings. The van der Waals surface area contributed by atoms with Crippen molar-refractivity contribution in [3.05, 3.63) is 35.5 Å². The maximum atomic E-state index is 12.2. The fourth-order valence-corrected chi connectivity index (χ4v) is 2.58. The van der Waals surface area contributed by atoms with Crippen LogP contribution >= 0.6 is 0 Å². The number of halogens is 3. The minimum absolute atomic E-state index is 0.186. The number of fused-ring (bicyclic) bond motifs is 1. The Balaban J connectivity index is 2.13. The van der Waals surface area contributed by atoms with Gasteiger partial charge in [-0.3, -0.25) is 0 Å². The van der Waals surface area contributed by atoms with Crippen LogP contribution in [0.3, 0.4) is 0 Å². The standard InChI is InChI=1S/C12H13F3N2O2S/c1-8-9(10-4-2-3-5-11(10)17-8)6-7-16-20(18,19)12(13,14)15/h2-5,16-17H,6-7H2,1H3. The molecule has 0 aliphatic heterocycles. The van der Waals surface area contributed by atoms with Gasteiger partial charge in [0.25, 0.3) is 0 Å². The summed E-state index contributed by atoms with van der Waals surface area (Å²) >= 11 is 0. The molecule has 0 atom stereocenters. The van der Waals surface area contributed by atoms with Crippen molar-refractivity contribution >= 4 is 20.9 Å². The third kappa shape index (κ3) is 2.80. The number of aryl methyl sites for hydroxylation is 1. The summed E-state index contributed by atoms with van der Waals surface area (Å²) in [7, 11) is -5.28. The van der Waals surface area contributed by atoms with Crippen molar-refractivity contribution in [1.82, 2.24) is 9.71 Å². The minimum atomic E-state index is -5.28. The molecule has 2 aromatic rings. The molecule has 0 aliphatic carbocycles. The lowest BCUT2D eigenvalue weighted by Crippen LogP contribution is -2.37. The van der Waals surface area contributed by atoms with Gasteiger partial charge in [0.1, 0.15) is 0 Å². The van der Waals surface area contributed by atoms with Gasteiger partial charge in [0, 0.05) is 23.1 Å². The first-order valence-electron chi connectivity index (χ1n) is 5.84. The fraction of sp³-hybridized carbons (Fsp3) is 0.333. The van der Waals surface area contributed by atoms with Gasteiger partial charge < -0.3 is 4.98 Å². The van der Waals surface area contributed by atoms with Crippen LogP contribution in [0.15, 0.2) is 24.3 Å². The molecule has 0 radical (unpaired) electrons. The van der Waals surface area contributed by atoms with E-state index in [1.54, 1.807) is 11.6 Å². The van der Waals surface area contributed by atoms with Gasteiger partial charge in [-0.25, -0.2) is 13.1 Å².